The molecule has 0 atom stereocenters. The van der Waals surface area contributed by atoms with Crippen LogP contribution in [0.5, 0.6) is 5.75 Å². The quantitative estimate of drug-likeness (QED) is 0.215. The van der Waals surface area contributed by atoms with Crippen molar-refractivity contribution in [3.63, 3.8) is 0 Å². The van der Waals surface area contributed by atoms with Crippen LogP contribution in [0.15, 0.2) is 83.5 Å². The fraction of sp³-hybridized carbons (Fsp3) is 0.154. The standard InChI is InChI=1S/C26H22INO3/c1-17(2)19-9-11-20(12-10-19)25-28-23(26(29)31-25)15-21-5-3-4-6-24(21)30-16-18-7-13-22(27)14-8-18/h3-15,17H,16H2,1-2H3/b23-15-. The van der Waals surface area contributed by atoms with E-state index in [1.807, 2.05) is 72.8 Å². The Morgan fingerprint density at radius 1 is 1.00 bits per heavy atom. The highest BCUT2D eigenvalue weighted by Crippen LogP contribution is 2.26. The van der Waals surface area contributed by atoms with Gasteiger partial charge in [0.05, 0.1) is 0 Å². The lowest BCUT2D eigenvalue weighted by atomic mass is 10.0. The molecule has 1 heterocycles. The lowest BCUT2D eigenvalue weighted by molar-refractivity contribution is -0.129. The summed E-state index contributed by atoms with van der Waals surface area (Å²) >= 11 is 2.28. The highest BCUT2D eigenvalue weighted by Gasteiger charge is 2.24. The van der Waals surface area contributed by atoms with Crippen molar-refractivity contribution in [1.82, 2.24) is 0 Å². The van der Waals surface area contributed by atoms with Crippen LogP contribution in [0.2, 0.25) is 0 Å². The van der Waals surface area contributed by atoms with E-state index in [2.05, 4.69) is 41.4 Å². The predicted molar refractivity (Wildman–Crippen MR) is 131 cm³/mol. The van der Waals surface area contributed by atoms with Crippen LogP contribution >= 0.6 is 22.6 Å². The number of rotatable bonds is 6. The molecule has 1 aliphatic heterocycles. The maximum atomic E-state index is 12.4. The van der Waals surface area contributed by atoms with Gasteiger partial charge in [-0.25, -0.2) is 9.79 Å². The molecular formula is C26H22INO3. The molecule has 156 valence electrons. The first-order valence-corrected chi connectivity index (χ1v) is 11.2. The molecule has 0 N–H and O–H groups in total. The molecule has 5 heteroatoms. The minimum atomic E-state index is -0.463. The summed E-state index contributed by atoms with van der Waals surface area (Å²) < 4.78 is 12.6. The maximum Gasteiger partial charge on any atom is 0.363 e. The van der Waals surface area contributed by atoms with Crippen LogP contribution in [0.3, 0.4) is 0 Å². The van der Waals surface area contributed by atoms with E-state index in [4.69, 9.17) is 9.47 Å². The van der Waals surface area contributed by atoms with E-state index in [1.54, 1.807) is 6.08 Å². The third-order valence-corrected chi connectivity index (χ3v) is 5.68. The van der Waals surface area contributed by atoms with Gasteiger partial charge in [0, 0.05) is 14.7 Å². The van der Waals surface area contributed by atoms with Gasteiger partial charge in [-0.2, -0.15) is 0 Å². The number of halogens is 1. The van der Waals surface area contributed by atoms with Crippen LogP contribution in [0.1, 0.15) is 42.0 Å². The van der Waals surface area contributed by atoms with Crippen molar-refractivity contribution in [2.45, 2.75) is 26.4 Å². The lowest BCUT2D eigenvalue weighted by Crippen LogP contribution is -2.05. The summed E-state index contributed by atoms with van der Waals surface area (Å²) in [6.45, 7) is 4.72. The molecule has 0 bridgehead atoms. The Labute approximate surface area is 195 Å². The summed E-state index contributed by atoms with van der Waals surface area (Å²) in [6.07, 6.45) is 1.71. The van der Waals surface area contributed by atoms with Gasteiger partial charge in [-0.05, 0) is 76.0 Å². The van der Waals surface area contributed by atoms with E-state index in [1.165, 1.54) is 9.13 Å². The molecule has 31 heavy (non-hydrogen) atoms. The van der Waals surface area contributed by atoms with Crippen molar-refractivity contribution in [3.05, 3.63) is 104 Å². The summed E-state index contributed by atoms with van der Waals surface area (Å²) in [5, 5.41) is 0. The molecule has 3 aromatic rings. The van der Waals surface area contributed by atoms with Gasteiger partial charge in [0.25, 0.3) is 0 Å². The molecule has 0 amide bonds. The summed E-state index contributed by atoms with van der Waals surface area (Å²) in [7, 11) is 0. The molecule has 0 aromatic heterocycles. The van der Waals surface area contributed by atoms with Gasteiger partial charge in [0.2, 0.25) is 5.90 Å². The van der Waals surface area contributed by atoms with E-state index in [9.17, 15) is 4.79 Å². The van der Waals surface area contributed by atoms with Gasteiger partial charge >= 0.3 is 5.97 Å². The van der Waals surface area contributed by atoms with E-state index >= 15 is 0 Å². The Morgan fingerprint density at radius 3 is 2.42 bits per heavy atom. The number of carbonyl (C=O) groups is 1. The van der Waals surface area contributed by atoms with Crippen molar-refractivity contribution in [2.24, 2.45) is 4.99 Å². The van der Waals surface area contributed by atoms with Gasteiger partial charge < -0.3 is 9.47 Å². The average Bonchev–Trinajstić information content (AvgIpc) is 3.14. The van der Waals surface area contributed by atoms with Crippen molar-refractivity contribution in [3.8, 4) is 5.75 Å². The Hall–Kier alpha value is -2.93. The molecule has 0 radical (unpaired) electrons. The number of para-hydroxylation sites is 1. The molecule has 3 aromatic carbocycles. The first-order chi connectivity index (χ1) is 15.0. The van der Waals surface area contributed by atoms with E-state index in [0.717, 1.165) is 16.7 Å². The minimum Gasteiger partial charge on any atom is -0.488 e. The fourth-order valence-corrected chi connectivity index (χ4v) is 3.52. The Kier molecular flexibility index (Phi) is 6.51. The second-order valence-electron chi connectivity index (χ2n) is 7.57. The number of hydrogen-bond acceptors (Lipinski definition) is 4. The molecule has 0 saturated carbocycles. The number of carbonyl (C=O) groups excluding carboxylic acids is 1. The van der Waals surface area contributed by atoms with Crippen molar-refractivity contribution in [1.29, 1.82) is 0 Å². The monoisotopic (exact) mass is 523 g/mol. The predicted octanol–water partition coefficient (Wildman–Crippen LogP) is 6.34. The first kappa shape index (κ1) is 21.3. The van der Waals surface area contributed by atoms with Crippen LogP contribution in [-0.4, -0.2) is 11.9 Å². The Balaban J connectivity index is 1.55. The normalized spacial score (nSPS) is 14.6. The van der Waals surface area contributed by atoms with Gasteiger partial charge in [-0.15, -0.1) is 0 Å². The van der Waals surface area contributed by atoms with Crippen molar-refractivity contribution < 1.29 is 14.3 Å². The minimum absolute atomic E-state index is 0.258. The number of hydrogen-bond donors (Lipinski definition) is 0. The number of ether oxygens (including phenoxy) is 2. The van der Waals surface area contributed by atoms with Crippen LogP contribution in [0.4, 0.5) is 0 Å². The molecule has 0 fully saturated rings. The first-order valence-electron chi connectivity index (χ1n) is 10.1. The van der Waals surface area contributed by atoms with Gasteiger partial charge in [0.1, 0.15) is 12.4 Å². The molecule has 0 aliphatic carbocycles. The molecule has 0 unspecified atom stereocenters. The van der Waals surface area contributed by atoms with Gasteiger partial charge in [-0.1, -0.05) is 56.3 Å². The number of cyclic esters (lactones) is 1. The second kappa shape index (κ2) is 9.47. The van der Waals surface area contributed by atoms with E-state index < -0.39 is 5.97 Å². The summed E-state index contributed by atoms with van der Waals surface area (Å²) in [6, 6.07) is 23.7. The van der Waals surface area contributed by atoms with E-state index in [-0.39, 0.29) is 5.70 Å². The third-order valence-electron chi connectivity index (χ3n) is 4.96. The zero-order valence-electron chi connectivity index (χ0n) is 17.3. The SMILES string of the molecule is CC(C)c1ccc(C2=N/C(=C\c3ccccc3OCc3ccc(I)cc3)C(=O)O2)cc1. The number of benzene rings is 3. The molecular weight excluding hydrogens is 501 g/mol. The van der Waals surface area contributed by atoms with Crippen LogP contribution in [0, 0.1) is 3.57 Å². The Morgan fingerprint density at radius 2 is 1.71 bits per heavy atom. The van der Waals surface area contributed by atoms with Crippen LogP contribution < -0.4 is 4.74 Å². The average molecular weight is 523 g/mol. The van der Waals surface area contributed by atoms with Crippen molar-refractivity contribution >= 4 is 40.5 Å². The smallest absolute Gasteiger partial charge is 0.363 e. The van der Waals surface area contributed by atoms with Gasteiger partial charge in [-0.3, -0.25) is 0 Å². The third kappa shape index (κ3) is 5.22. The lowest BCUT2D eigenvalue weighted by Gasteiger charge is -2.09. The largest absolute Gasteiger partial charge is 0.488 e. The summed E-state index contributed by atoms with van der Waals surface area (Å²) in [5.74, 6) is 0.985. The summed E-state index contributed by atoms with van der Waals surface area (Å²) in [5.41, 5.74) is 4.12. The van der Waals surface area contributed by atoms with Crippen LogP contribution in [-0.2, 0) is 16.1 Å². The zero-order valence-corrected chi connectivity index (χ0v) is 19.5. The highest BCUT2D eigenvalue weighted by atomic mass is 127. The molecule has 4 nitrogen and oxygen atoms in total. The van der Waals surface area contributed by atoms with Gasteiger partial charge in [0.15, 0.2) is 5.70 Å². The molecule has 0 spiro atoms. The highest BCUT2D eigenvalue weighted by molar-refractivity contribution is 14.1. The topological polar surface area (TPSA) is 47.9 Å². The molecule has 1 aliphatic rings. The van der Waals surface area contributed by atoms with Crippen LogP contribution in [0.25, 0.3) is 6.08 Å². The zero-order chi connectivity index (χ0) is 21.8. The number of esters is 1. The van der Waals surface area contributed by atoms with E-state index in [0.29, 0.717) is 24.2 Å². The number of aliphatic imine (C=N–C) groups is 1. The second-order valence-corrected chi connectivity index (χ2v) is 8.81. The maximum absolute atomic E-state index is 12.4. The number of nitrogens with zero attached hydrogens (tertiary/aromatic N) is 1. The van der Waals surface area contributed by atoms with Crippen molar-refractivity contribution in [2.75, 3.05) is 0 Å². The molecule has 0 saturated heterocycles. The summed E-state index contributed by atoms with van der Waals surface area (Å²) in [4.78, 5) is 16.8. The molecule has 4 rings (SSSR count). The fourth-order valence-electron chi connectivity index (χ4n) is 3.16. The Bertz CT molecular complexity index is 1150.